The van der Waals surface area contributed by atoms with Crippen LogP contribution in [-0.2, 0) is 17.6 Å². The molecule has 27 heavy (non-hydrogen) atoms. The molecule has 0 N–H and O–H groups in total. The summed E-state index contributed by atoms with van der Waals surface area (Å²) in [6.45, 7) is 1.16. The number of nitrogens with zero attached hydrogens (tertiary/aromatic N) is 2. The van der Waals surface area contributed by atoms with Crippen LogP contribution in [0.3, 0.4) is 0 Å². The van der Waals surface area contributed by atoms with Gasteiger partial charge < -0.3 is 14.4 Å². The quantitative estimate of drug-likeness (QED) is 0.781. The Kier molecular flexibility index (Phi) is 5.56. The number of amides is 1. The van der Waals surface area contributed by atoms with Gasteiger partial charge in [0, 0.05) is 30.9 Å². The summed E-state index contributed by atoms with van der Waals surface area (Å²) in [4.78, 5) is 19.4. The third-order valence-corrected chi connectivity index (χ3v) is 5.47. The van der Waals surface area contributed by atoms with Crippen LogP contribution < -0.4 is 9.47 Å². The van der Waals surface area contributed by atoms with Crippen molar-refractivity contribution in [2.75, 3.05) is 13.3 Å². The Labute approximate surface area is 160 Å². The first-order valence-electron chi connectivity index (χ1n) is 9.87. The summed E-state index contributed by atoms with van der Waals surface area (Å²) in [7, 11) is 0. The van der Waals surface area contributed by atoms with Crippen LogP contribution in [0, 0.1) is 0 Å². The summed E-state index contributed by atoms with van der Waals surface area (Å²) in [6, 6.07) is 12.3. The van der Waals surface area contributed by atoms with E-state index in [1.807, 2.05) is 36.5 Å². The second kappa shape index (κ2) is 8.42. The third-order valence-electron chi connectivity index (χ3n) is 5.47. The molecule has 5 heteroatoms. The van der Waals surface area contributed by atoms with E-state index >= 15 is 0 Å². The molecule has 142 valence electrons. The second-order valence-electron chi connectivity index (χ2n) is 7.28. The first-order chi connectivity index (χ1) is 13.3. The van der Waals surface area contributed by atoms with E-state index in [4.69, 9.17) is 9.47 Å². The summed E-state index contributed by atoms with van der Waals surface area (Å²) < 4.78 is 10.8. The number of carbonyl (C=O) groups is 1. The second-order valence-corrected chi connectivity index (χ2v) is 7.28. The lowest BCUT2D eigenvalue weighted by atomic mass is 9.96. The Bertz CT molecular complexity index is 778. The van der Waals surface area contributed by atoms with E-state index in [2.05, 4.69) is 16.0 Å². The molecule has 2 aliphatic heterocycles. The molecule has 5 nitrogen and oxygen atoms in total. The maximum absolute atomic E-state index is 12.9. The van der Waals surface area contributed by atoms with Crippen LogP contribution in [0.1, 0.15) is 43.4 Å². The standard InChI is InChI=1S/C22H26N2O3/c25-22(12-8-17-7-11-20-21(15-17)27-16-26-20)24-14-4-2-6-19(24)10-9-18-5-1-3-13-23-18/h1,3,5,7,11,13,15,19H,2,4,6,8-10,12,14,16H2/t19-/m1/s1. The lowest BCUT2D eigenvalue weighted by molar-refractivity contribution is -0.135. The molecule has 0 spiro atoms. The number of hydrogen-bond donors (Lipinski definition) is 0. The van der Waals surface area contributed by atoms with Gasteiger partial charge in [0.15, 0.2) is 11.5 Å². The zero-order valence-electron chi connectivity index (χ0n) is 15.6. The van der Waals surface area contributed by atoms with Crippen molar-refractivity contribution < 1.29 is 14.3 Å². The Balaban J connectivity index is 1.33. The molecule has 3 heterocycles. The van der Waals surface area contributed by atoms with Crippen LogP contribution >= 0.6 is 0 Å². The molecule has 1 saturated heterocycles. The molecule has 1 amide bonds. The van der Waals surface area contributed by atoms with Gasteiger partial charge in [-0.15, -0.1) is 0 Å². The monoisotopic (exact) mass is 366 g/mol. The molecule has 0 saturated carbocycles. The fourth-order valence-electron chi connectivity index (χ4n) is 3.98. The van der Waals surface area contributed by atoms with Crippen LogP contribution in [0.15, 0.2) is 42.6 Å². The zero-order valence-corrected chi connectivity index (χ0v) is 15.6. The first-order valence-corrected chi connectivity index (χ1v) is 9.87. The average Bonchev–Trinajstić information content (AvgIpc) is 3.19. The Morgan fingerprint density at radius 2 is 2.04 bits per heavy atom. The van der Waals surface area contributed by atoms with Crippen molar-refractivity contribution in [2.45, 2.75) is 51.0 Å². The Morgan fingerprint density at radius 1 is 1.11 bits per heavy atom. The van der Waals surface area contributed by atoms with Gasteiger partial charge in [0.05, 0.1) is 0 Å². The number of rotatable bonds is 6. The van der Waals surface area contributed by atoms with E-state index in [9.17, 15) is 4.79 Å². The van der Waals surface area contributed by atoms with Crippen LogP contribution in [0.4, 0.5) is 0 Å². The lowest BCUT2D eigenvalue weighted by Gasteiger charge is -2.36. The topological polar surface area (TPSA) is 51.7 Å². The Hall–Kier alpha value is -2.56. The highest BCUT2D eigenvalue weighted by Gasteiger charge is 2.26. The smallest absolute Gasteiger partial charge is 0.231 e. The predicted octanol–water partition coefficient (Wildman–Crippen LogP) is 3.76. The van der Waals surface area contributed by atoms with Crippen molar-refractivity contribution in [3.05, 3.63) is 53.9 Å². The molecule has 4 rings (SSSR count). The minimum atomic E-state index is 0.262. The summed E-state index contributed by atoms with van der Waals surface area (Å²) in [5.41, 5.74) is 2.23. The van der Waals surface area contributed by atoms with Crippen molar-refractivity contribution in [1.82, 2.24) is 9.88 Å². The van der Waals surface area contributed by atoms with Gasteiger partial charge in [0.1, 0.15) is 0 Å². The van der Waals surface area contributed by atoms with Gasteiger partial charge in [-0.3, -0.25) is 9.78 Å². The van der Waals surface area contributed by atoms with Crippen LogP contribution in [-0.4, -0.2) is 35.2 Å². The van der Waals surface area contributed by atoms with Gasteiger partial charge in [-0.05, 0) is 68.4 Å². The first kappa shape index (κ1) is 17.8. The van der Waals surface area contributed by atoms with E-state index in [-0.39, 0.29) is 12.7 Å². The number of aromatic nitrogens is 1. The number of ether oxygens (including phenoxy) is 2. The fraction of sp³-hybridized carbons (Fsp3) is 0.455. The molecule has 1 aromatic heterocycles. The van der Waals surface area contributed by atoms with Gasteiger partial charge in [0.2, 0.25) is 12.7 Å². The van der Waals surface area contributed by atoms with Gasteiger partial charge >= 0.3 is 0 Å². The molecular weight excluding hydrogens is 340 g/mol. The highest BCUT2D eigenvalue weighted by atomic mass is 16.7. The molecule has 0 radical (unpaired) electrons. The summed E-state index contributed by atoms with van der Waals surface area (Å²) in [6.07, 6.45) is 8.45. The molecule has 2 aromatic rings. The number of hydrogen-bond acceptors (Lipinski definition) is 4. The number of fused-ring (bicyclic) bond motifs is 1. The van der Waals surface area contributed by atoms with E-state index in [1.165, 1.54) is 6.42 Å². The normalized spacial score (nSPS) is 18.5. The average molecular weight is 366 g/mol. The molecular formula is C22H26N2O3. The van der Waals surface area contributed by atoms with E-state index in [0.29, 0.717) is 12.5 Å². The van der Waals surface area contributed by atoms with E-state index in [0.717, 1.165) is 61.4 Å². The van der Waals surface area contributed by atoms with Gasteiger partial charge in [-0.2, -0.15) is 0 Å². The SMILES string of the molecule is O=C(CCc1ccc2c(c1)OCO2)N1CCCC[C@@H]1CCc1ccccn1. The number of pyridine rings is 1. The third kappa shape index (κ3) is 4.41. The minimum absolute atomic E-state index is 0.262. The predicted molar refractivity (Wildman–Crippen MR) is 103 cm³/mol. The van der Waals surface area contributed by atoms with E-state index in [1.54, 1.807) is 0 Å². The molecule has 2 aliphatic rings. The molecule has 1 aromatic carbocycles. The number of benzene rings is 1. The molecule has 0 bridgehead atoms. The van der Waals surface area contributed by atoms with Gasteiger partial charge in [-0.1, -0.05) is 12.1 Å². The zero-order chi connectivity index (χ0) is 18.5. The van der Waals surface area contributed by atoms with Crippen molar-refractivity contribution in [3.8, 4) is 11.5 Å². The summed E-state index contributed by atoms with van der Waals surface area (Å²) in [5.74, 6) is 1.83. The number of likely N-dealkylation sites (tertiary alicyclic amines) is 1. The van der Waals surface area contributed by atoms with Crippen molar-refractivity contribution in [2.24, 2.45) is 0 Å². The van der Waals surface area contributed by atoms with E-state index < -0.39 is 0 Å². The number of carbonyl (C=O) groups excluding carboxylic acids is 1. The fourth-order valence-corrected chi connectivity index (χ4v) is 3.98. The van der Waals surface area contributed by atoms with Crippen molar-refractivity contribution in [1.29, 1.82) is 0 Å². The van der Waals surface area contributed by atoms with Gasteiger partial charge in [-0.25, -0.2) is 0 Å². The molecule has 0 unspecified atom stereocenters. The molecule has 1 atom stereocenters. The minimum Gasteiger partial charge on any atom is -0.454 e. The number of piperidine rings is 1. The van der Waals surface area contributed by atoms with Crippen molar-refractivity contribution in [3.63, 3.8) is 0 Å². The van der Waals surface area contributed by atoms with Crippen molar-refractivity contribution >= 4 is 5.91 Å². The highest BCUT2D eigenvalue weighted by molar-refractivity contribution is 5.77. The highest BCUT2D eigenvalue weighted by Crippen LogP contribution is 2.33. The largest absolute Gasteiger partial charge is 0.454 e. The van der Waals surface area contributed by atoms with Crippen LogP contribution in [0.2, 0.25) is 0 Å². The molecule has 1 fully saturated rings. The summed E-state index contributed by atoms with van der Waals surface area (Å²) in [5, 5.41) is 0. The maximum atomic E-state index is 12.9. The lowest BCUT2D eigenvalue weighted by Crippen LogP contribution is -2.44. The number of aryl methyl sites for hydroxylation is 2. The van der Waals surface area contributed by atoms with Gasteiger partial charge in [0.25, 0.3) is 0 Å². The molecule has 0 aliphatic carbocycles. The Morgan fingerprint density at radius 3 is 2.93 bits per heavy atom. The van der Waals surface area contributed by atoms with Crippen LogP contribution in [0.25, 0.3) is 0 Å². The van der Waals surface area contributed by atoms with Crippen LogP contribution in [0.5, 0.6) is 11.5 Å². The summed E-state index contributed by atoms with van der Waals surface area (Å²) >= 11 is 0. The maximum Gasteiger partial charge on any atom is 0.231 e.